The summed E-state index contributed by atoms with van der Waals surface area (Å²) in [6, 6.07) is 0.492. The second kappa shape index (κ2) is 5.99. The zero-order valence-electron chi connectivity index (χ0n) is 13.3. The van der Waals surface area contributed by atoms with Crippen molar-refractivity contribution < 1.29 is 0 Å². The fourth-order valence-electron chi connectivity index (χ4n) is 3.47. The number of fused-ring (bicyclic) bond motifs is 1. The summed E-state index contributed by atoms with van der Waals surface area (Å²) < 4.78 is 4.42. The van der Waals surface area contributed by atoms with Gasteiger partial charge in [0.2, 0.25) is 0 Å². The van der Waals surface area contributed by atoms with E-state index >= 15 is 0 Å². The molecule has 1 aliphatic rings. The van der Waals surface area contributed by atoms with Crippen molar-refractivity contribution in [2.45, 2.75) is 58.4 Å². The summed E-state index contributed by atoms with van der Waals surface area (Å²) in [5.41, 5.74) is 3.40. The van der Waals surface area contributed by atoms with Crippen molar-refractivity contribution >= 4 is 22.8 Å². The van der Waals surface area contributed by atoms with E-state index in [1.807, 2.05) is 11.7 Å². The van der Waals surface area contributed by atoms with E-state index in [1.165, 1.54) is 24.9 Å². The van der Waals surface area contributed by atoms with Crippen molar-refractivity contribution in [3.8, 4) is 0 Å². The molecule has 1 fully saturated rings. The summed E-state index contributed by atoms with van der Waals surface area (Å²) in [5.74, 6) is 2.53. The Labute approximate surface area is 131 Å². The summed E-state index contributed by atoms with van der Waals surface area (Å²) >= 11 is 6.00. The highest BCUT2D eigenvalue weighted by molar-refractivity contribution is 6.17. The number of aromatic nitrogens is 4. The third-order valence-corrected chi connectivity index (χ3v) is 5.04. The van der Waals surface area contributed by atoms with Crippen LogP contribution in [0.2, 0.25) is 0 Å². The molecule has 0 spiro atoms. The van der Waals surface area contributed by atoms with Crippen molar-refractivity contribution in [3.05, 3.63) is 11.5 Å². The molecule has 3 rings (SSSR count). The Morgan fingerprint density at radius 3 is 2.67 bits per heavy atom. The predicted molar refractivity (Wildman–Crippen MR) is 87.0 cm³/mol. The van der Waals surface area contributed by atoms with E-state index in [4.69, 9.17) is 16.6 Å². The van der Waals surface area contributed by atoms with Gasteiger partial charge < -0.3 is 4.57 Å². The molecule has 21 heavy (non-hydrogen) atoms. The third-order valence-electron chi connectivity index (χ3n) is 4.85. The van der Waals surface area contributed by atoms with Crippen LogP contribution in [0.25, 0.3) is 11.2 Å². The minimum absolute atomic E-state index is 0.492. The SMILES string of the molecule is CCCc1nn(C)c2c1nc(CCCl)n2C(C)C1CCC1. The predicted octanol–water partition coefficient (Wildman–Crippen LogP) is 3.86. The van der Waals surface area contributed by atoms with Crippen LogP contribution in [0.1, 0.15) is 57.1 Å². The molecule has 0 radical (unpaired) electrons. The maximum atomic E-state index is 6.00. The van der Waals surface area contributed by atoms with Crippen LogP contribution in [0.15, 0.2) is 0 Å². The van der Waals surface area contributed by atoms with Crippen molar-refractivity contribution in [3.63, 3.8) is 0 Å². The molecule has 0 aliphatic heterocycles. The quantitative estimate of drug-likeness (QED) is 0.760. The number of aryl methyl sites for hydroxylation is 3. The van der Waals surface area contributed by atoms with Crippen LogP contribution in [0.4, 0.5) is 0 Å². The van der Waals surface area contributed by atoms with Crippen LogP contribution in [0.3, 0.4) is 0 Å². The largest absolute Gasteiger partial charge is 0.310 e. The first-order valence-corrected chi connectivity index (χ1v) is 8.69. The van der Waals surface area contributed by atoms with E-state index in [9.17, 15) is 0 Å². The third kappa shape index (κ3) is 2.48. The second-order valence-corrected chi connectivity index (χ2v) is 6.64. The molecule has 2 aromatic heterocycles. The van der Waals surface area contributed by atoms with Gasteiger partial charge in [0.05, 0.1) is 5.69 Å². The van der Waals surface area contributed by atoms with Crippen molar-refractivity contribution in [2.75, 3.05) is 5.88 Å². The highest BCUT2D eigenvalue weighted by Gasteiger charge is 2.29. The number of halogens is 1. The van der Waals surface area contributed by atoms with E-state index < -0.39 is 0 Å². The molecule has 1 unspecified atom stereocenters. The lowest BCUT2D eigenvalue weighted by atomic mass is 9.80. The summed E-state index contributed by atoms with van der Waals surface area (Å²) in [6.45, 7) is 4.52. The molecule has 5 heteroatoms. The first-order valence-electron chi connectivity index (χ1n) is 8.16. The Morgan fingerprint density at radius 2 is 2.10 bits per heavy atom. The van der Waals surface area contributed by atoms with Crippen LogP contribution in [-0.4, -0.2) is 25.2 Å². The van der Waals surface area contributed by atoms with Gasteiger partial charge in [-0.3, -0.25) is 4.68 Å². The minimum Gasteiger partial charge on any atom is -0.310 e. The topological polar surface area (TPSA) is 35.6 Å². The van der Waals surface area contributed by atoms with Crippen LogP contribution in [0.5, 0.6) is 0 Å². The summed E-state index contributed by atoms with van der Waals surface area (Å²) in [7, 11) is 2.04. The van der Waals surface area contributed by atoms with Gasteiger partial charge in [-0.25, -0.2) is 4.98 Å². The Hall–Kier alpha value is -1.03. The van der Waals surface area contributed by atoms with E-state index in [2.05, 4.69) is 23.5 Å². The molecule has 1 aliphatic carbocycles. The fourth-order valence-corrected chi connectivity index (χ4v) is 3.64. The lowest BCUT2D eigenvalue weighted by molar-refractivity contribution is 0.221. The van der Waals surface area contributed by atoms with Crippen molar-refractivity contribution in [1.82, 2.24) is 19.3 Å². The molecule has 0 bridgehead atoms. The van der Waals surface area contributed by atoms with E-state index in [-0.39, 0.29) is 0 Å². The molecule has 0 amide bonds. The fraction of sp³-hybridized carbons (Fsp3) is 0.750. The minimum atomic E-state index is 0.492. The van der Waals surface area contributed by atoms with Crippen LogP contribution in [-0.2, 0) is 19.9 Å². The Kier molecular flexibility index (Phi) is 4.25. The molecule has 1 saturated carbocycles. The molecule has 116 valence electrons. The summed E-state index contributed by atoms with van der Waals surface area (Å²) in [4.78, 5) is 4.90. The second-order valence-electron chi connectivity index (χ2n) is 6.26. The van der Waals surface area contributed by atoms with E-state index in [0.29, 0.717) is 11.9 Å². The summed E-state index contributed by atoms with van der Waals surface area (Å²) in [5, 5.41) is 4.69. The lowest BCUT2D eigenvalue weighted by Gasteiger charge is -2.33. The normalized spacial score (nSPS) is 17.3. The van der Waals surface area contributed by atoms with E-state index in [1.54, 1.807) is 0 Å². The number of nitrogens with zero attached hydrogens (tertiary/aromatic N) is 4. The number of imidazole rings is 1. The molecule has 1 atom stereocenters. The number of rotatable bonds is 6. The van der Waals surface area contributed by atoms with Crippen LogP contribution >= 0.6 is 11.6 Å². The first kappa shape index (κ1) is 14.9. The van der Waals surface area contributed by atoms with E-state index in [0.717, 1.165) is 42.2 Å². The van der Waals surface area contributed by atoms with Gasteiger partial charge in [0.25, 0.3) is 0 Å². The highest BCUT2D eigenvalue weighted by Crippen LogP contribution is 2.38. The van der Waals surface area contributed by atoms with Gasteiger partial charge in [-0.1, -0.05) is 19.8 Å². The average molecular weight is 309 g/mol. The Balaban J connectivity index is 2.11. The van der Waals surface area contributed by atoms with Gasteiger partial charge in [0.1, 0.15) is 11.3 Å². The Bertz CT molecular complexity index is 624. The van der Waals surface area contributed by atoms with Gasteiger partial charge in [-0.2, -0.15) is 5.10 Å². The molecule has 2 aromatic rings. The first-order chi connectivity index (χ1) is 10.2. The zero-order chi connectivity index (χ0) is 15.0. The molecule has 0 saturated heterocycles. The lowest BCUT2D eigenvalue weighted by Crippen LogP contribution is -2.25. The average Bonchev–Trinajstić information content (AvgIpc) is 2.88. The molecular formula is C16H25ClN4. The van der Waals surface area contributed by atoms with Gasteiger partial charge in [-0.15, -0.1) is 11.6 Å². The maximum Gasteiger partial charge on any atom is 0.158 e. The van der Waals surface area contributed by atoms with Gasteiger partial charge in [0.15, 0.2) is 5.65 Å². The highest BCUT2D eigenvalue weighted by atomic mass is 35.5. The number of alkyl halides is 1. The summed E-state index contributed by atoms with van der Waals surface area (Å²) in [6.07, 6.45) is 6.96. The number of hydrogen-bond acceptors (Lipinski definition) is 2. The molecule has 2 heterocycles. The molecule has 0 aromatic carbocycles. The maximum absolute atomic E-state index is 6.00. The zero-order valence-corrected chi connectivity index (χ0v) is 14.0. The smallest absolute Gasteiger partial charge is 0.158 e. The standard InChI is InChI=1S/C16H25ClN4/c1-4-6-13-15-16(20(3)19-13)21(14(18-15)9-10-17)11(2)12-7-5-8-12/h11-12H,4-10H2,1-3H3. The molecule has 4 nitrogen and oxygen atoms in total. The van der Waals surface area contributed by atoms with Crippen molar-refractivity contribution in [1.29, 1.82) is 0 Å². The monoisotopic (exact) mass is 308 g/mol. The van der Waals surface area contributed by atoms with Gasteiger partial charge in [-0.05, 0) is 32.1 Å². The molecule has 0 N–H and O–H groups in total. The van der Waals surface area contributed by atoms with Gasteiger partial charge in [0, 0.05) is 25.4 Å². The Morgan fingerprint density at radius 1 is 1.33 bits per heavy atom. The van der Waals surface area contributed by atoms with Crippen molar-refractivity contribution in [2.24, 2.45) is 13.0 Å². The van der Waals surface area contributed by atoms with Crippen LogP contribution in [0, 0.1) is 5.92 Å². The van der Waals surface area contributed by atoms with Gasteiger partial charge >= 0.3 is 0 Å². The van der Waals surface area contributed by atoms with Crippen LogP contribution < -0.4 is 0 Å². The molecular weight excluding hydrogens is 284 g/mol. The number of hydrogen-bond donors (Lipinski definition) is 0.